The molecule has 1 aliphatic heterocycles. The van der Waals surface area contributed by atoms with E-state index in [1.54, 1.807) is 11.1 Å². The molecule has 108 valence electrons. The van der Waals surface area contributed by atoms with Gasteiger partial charge in [0, 0.05) is 36.1 Å². The zero-order chi connectivity index (χ0) is 11.7. The minimum absolute atomic E-state index is 0. The summed E-state index contributed by atoms with van der Waals surface area (Å²) >= 11 is 3.58. The van der Waals surface area contributed by atoms with Crippen molar-refractivity contribution in [2.24, 2.45) is 0 Å². The number of aryl methyl sites for hydroxylation is 1. The maximum Gasteiger partial charge on any atom is 0.0261 e. The fourth-order valence-corrected chi connectivity index (χ4v) is 3.61. The fourth-order valence-electron chi connectivity index (χ4n) is 3.20. The highest BCUT2D eigenvalue weighted by molar-refractivity contribution is 9.10. The van der Waals surface area contributed by atoms with Crippen LogP contribution in [0.15, 0.2) is 22.7 Å². The van der Waals surface area contributed by atoms with E-state index in [1.165, 1.54) is 23.7 Å². The van der Waals surface area contributed by atoms with E-state index in [0.717, 1.165) is 19.6 Å². The van der Waals surface area contributed by atoms with Gasteiger partial charge in [0.1, 0.15) is 0 Å². The minimum atomic E-state index is 0. The molecule has 2 aliphatic rings. The molecule has 1 fully saturated rings. The zero-order valence-electron chi connectivity index (χ0n) is 10.8. The van der Waals surface area contributed by atoms with Gasteiger partial charge in [-0.3, -0.25) is 0 Å². The van der Waals surface area contributed by atoms with E-state index in [1.807, 2.05) is 0 Å². The molecule has 0 bridgehead atoms. The maximum atomic E-state index is 3.67. The van der Waals surface area contributed by atoms with Gasteiger partial charge in [-0.2, -0.15) is 0 Å². The van der Waals surface area contributed by atoms with Crippen molar-refractivity contribution in [2.75, 3.05) is 19.6 Å². The molecule has 0 saturated carbocycles. The SMILES string of the molecule is Brc1ccc2c(c1)CCCC2C1CNCCN1.Cl.Cl. The summed E-state index contributed by atoms with van der Waals surface area (Å²) in [5, 5.41) is 7.17. The van der Waals surface area contributed by atoms with Crippen LogP contribution in [0.25, 0.3) is 0 Å². The van der Waals surface area contributed by atoms with Crippen molar-refractivity contribution in [3.63, 3.8) is 0 Å². The van der Waals surface area contributed by atoms with Crippen molar-refractivity contribution in [1.29, 1.82) is 0 Å². The number of hydrogen-bond acceptors (Lipinski definition) is 2. The topological polar surface area (TPSA) is 24.1 Å². The predicted octanol–water partition coefficient (Wildman–Crippen LogP) is 3.27. The lowest BCUT2D eigenvalue weighted by molar-refractivity contribution is 0.341. The van der Waals surface area contributed by atoms with Crippen LogP contribution < -0.4 is 10.6 Å². The maximum absolute atomic E-state index is 3.67. The summed E-state index contributed by atoms with van der Waals surface area (Å²) in [4.78, 5) is 0. The van der Waals surface area contributed by atoms with Crippen molar-refractivity contribution in [3.05, 3.63) is 33.8 Å². The van der Waals surface area contributed by atoms with E-state index in [2.05, 4.69) is 44.8 Å². The molecule has 2 atom stereocenters. The quantitative estimate of drug-likeness (QED) is 0.795. The van der Waals surface area contributed by atoms with Gasteiger partial charge in [0.15, 0.2) is 0 Å². The lowest BCUT2D eigenvalue weighted by Gasteiger charge is -2.35. The molecule has 1 aromatic carbocycles. The molecule has 2 N–H and O–H groups in total. The van der Waals surface area contributed by atoms with E-state index in [9.17, 15) is 0 Å². The van der Waals surface area contributed by atoms with Crippen LogP contribution in [-0.2, 0) is 6.42 Å². The molecule has 0 spiro atoms. The van der Waals surface area contributed by atoms with E-state index >= 15 is 0 Å². The van der Waals surface area contributed by atoms with Gasteiger partial charge in [-0.1, -0.05) is 22.0 Å². The first-order chi connectivity index (χ1) is 8.34. The van der Waals surface area contributed by atoms with Crippen LogP contribution in [0.5, 0.6) is 0 Å². The summed E-state index contributed by atoms with van der Waals surface area (Å²) in [5.41, 5.74) is 3.11. The Morgan fingerprint density at radius 2 is 2.00 bits per heavy atom. The molecule has 1 heterocycles. The standard InChI is InChI=1S/C14H19BrN2.2ClH/c15-11-4-5-12-10(8-11)2-1-3-13(12)14-9-16-6-7-17-14;;/h4-5,8,13-14,16-17H,1-3,6-7,9H2;2*1H. The highest BCUT2D eigenvalue weighted by Crippen LogP contribution is 2.35. The molecule has 0 aromatic heterocycles. The molecule has 0 amide bonds. The summed E-state index contributed by atoms with van der Waals surface area (Å²) in [6, 6.07) is 7.42. The fraction of sp³-hybridized carbons (Fsp3) is 0.571. The molecule has 2 unspecified atom stereocenters. The second kappa shape index (κ2) is 7.84. The number of hydrogen-bond donors (Lipinski definition) is 2. The van der Waals surface area contributed by atoms with Gasteiger partial charge in [0.05, 0.1) is 0 Å². The molecule has 3 rings (SSSR count). The van der Waals surface area contributed by atoms with Gasteiger partial charge < -0.3 is 10.6 Å². The Hall–Kier alpha value is 0.200. The van der Waals surface area contributed by atoms with Gasteiger partial charge in [-0.05, 0) is 42.5 Å². The lowest BCUT2D eigenvalue weighted by atomic mass is 9.78. The van der Waals surface area contributed by atoms with Crippen LogP contribution in [0.3, 0.4) is 0 Å². The number of rotatable bonds is 1. The Balaban J connectivity index is 0.000000902. The third-order valence-corrected chi connectivity index (χ3v) is 4.52. The van der Waals surface area contributed by atoms with Crippen LogP contribution in [0, 0.1) is 0 Å². The molecule has 1 aromatic rings. The van der Waals surface area contributed by atoms with Crippen LogP contribution >= 0.6 is 40.7 Å². The summed E-state index contributed by atoms with van der Waals surface area (Å²) in [6.45, 7) is 3.32. The molecule has 19 heavy (non-hydrogen) atoms. The molecule has 2 nitrogen and oxygen atoms in total. The van der Waals surface area contributed by atoms with Crippen molar-refractivity contribution in [1.82, 2.24) is 10.6 Å². The molecular weight excluding hydrogens is 347 g/mol. The van der Waals surface area contributed by atoms with Gasteiger partial charge in [0.2, 0.25) is 0 Å². The van der Waals surface area contributed by atoms with E-state index in [-0.39, 0.29) is 24.8 Å². The average molecular weight is 368 g/mol. The lowest BCUT2D eigenvalue weighted by Crippen LogP contribution is -2.51. The van der Waals surface area contributed by atoms with Crippen LogP contribution in [0.2, 0.25) is 0 Å². The Kier molecular flexibility index (Phi) is 7.12. The van der Waals surface area contributed by atoms with Gasteiger partial charge >= 0.3 is 0 Å². The monoisotopic (exact) mass is 366 g/mol. The summed E-state index contributed by atoms with van der Waals surface area (Å²) in [6.07, 6.45) is 3.89. The highest BCUT2D eigenvalue weighted by atomic mass is 79.9. The van der Waals surface area contributed by atoms with Crippen molar-refractivity contribution in [3.8, 4) is 0 Å². The van der Waals surface area contributed by atoms with Crippen molar-refractivity contribution in [2.45, 2.75) is 31.2 Å². The van der Waals surface area contributed by atoms with Gasteiger partial charge in [-0.25, -0.2) is 0 Å². The summed E-state index contributed by atoms with van der Waals surface area (Å²) < 4.78 is 1.21. The molecule has 0 radical (unpaired) electrons. The van der Waals surface area contributed by atoms with E-state index < -0.39 is 0 Å². The Bertz CT molecular complexity index is 408. The first-order valence-corrected chi connectivity index (χ1v) is 7.36. The second-order valence-electron chi connectivity index (χ2n) is 5.11. The Morgan fingerprint density at radius 1 is 1.16 bits per heavy atom. The molecule has 1 saturated heterocycles. The number of nitrogens with one attached hydrogen (secondary N) is 2. The smallest absolute Gasteiger partial charge is 0.0261 e. The van der Waals surface area contributed by atoms with E-state index in [0.29, 0.717) is 12.0 Å². The first-order valence-electron chi connectivity index (χ1n) is 6.57. The van der Waals surface area contributed by atoms with Crippen LogP contribution in [-0.4, -0.2) is 25.7 Å². The normalized spacial score (nSPS) is 25.7. The van der Waals surface area contributed by atoms with Gasteiger partial charge in [0.25, 0.3) is 0 Å². The van der Waals surface area contributed by atoms with E-state index in [4.69, 9.17) is 0 Å². The number of benzene rings is 1. The summed E-state index contributed by atoms with van der Waals surface area (Å²) in [7, 11) is 0. The molecule has 1 aliphatic carbocycles. The number of fused-ring (bicyclic) bond motifs is 1. The highest BCUT2D eigenvalue weighted by Gasteiger charge is 2.28. The zero-order valence-corrected chi connectivity index (χ0v) is 14.0. The van der Waals surface area contributed by atoms with Gasteiger partial charge in [-0.15, -0.1) is 24.8 Å². The Morgan fingerprint density at radius 3 is 2.74 bits per heavy atom. The molecule has 5 heteroatoms. The third kappa shape index (κ3) is 3.85. The minimum Gasteiger partial charge on any atom is -0.314 e. The van der Waals surface area contributed by atoms with Crippen LogP contribution in [0.1, 0.15) is 29.9 Å². The Labute approximate surface area is 136 Å². The predicted molar refractivity (Wildman–Crippen MR) is 89.0 cm³/mol. The second-order valence-corrected chi connectivity index (χ2v) is 6.02. The third-order valence-electron chi connectivity index (χ3n) is 4.02. The average Bonchev–Trinajstić information content (AvgIpc) is 2.39. The summed E-state index contributed by atoms with van der Waals surface area (Å²) in [5.74, 6) is 0.694. The largest absolute Gasteiger partial charge is 0.314 e. The van der Waals surface area contributed by atoms with Crippen LogP contribution in [0.4, 0.5) is 0 Å². The number of halogens is 3. The van der Waals surface area contributed by atoms with Crippen molar-refractivity contribution >= 4 is 40.7 Å². The number of piperazine rings is 1. The molecular formula is C14H21BrCl2N2. The van der Waals surface area contributed by atoms with Crippen molar-refractivity contribution < 1.29 is 0 Å². The first kappa shape index (κ1) is 17.3.